The highest BCUT2D eigenvalue weighted by atomic mass is 15.2. The highest BCUT2D eigenvalue weighted by Crippen LogP contribution is 2.53. The SMILES string of the molecule is CC1(C)c2ccccc2-c2ccc(-n3c4ccccc4c4c(N(c5ccccc5)c5cccc6c5c5ccccc5n6-c5ccc6c(c5)C(C)(C)c5ccccc5-6)cccc43)cc21. The molecule has 0 saturated heterocycles. The lowest BCUT2D eigenvalue weighted by Gasteiger charge is -2.27. The minimum Gasteiger partial charge on any atom is -0.309 e. The molecule has 300 valence electrons. The average Bonchev–Trinajstić information content (AvgIpc) is 3.99. The lowest BCUT2D eigenvalue weighted by Crippen LogP contribution is -2.15. The van der Waals surface area contributed by atoms with Crippen LogP contribution in [0.1, 0.15) is 49.9 Å². The quantitative estimate of drug-likeness (QED) is 0.169. The van der Waals surface area contributed by atoms with Crippen molar-refractivity contribution in [3.05, 3.63) is 222 Å². The van der Waals surface area contributed by atoms with Gasteiger partial charge in [0.05, 0.1) is 33.4 Å². The predicted octanol–water partition coefficient (Wildman–Crippen LogP) is 16.0. The van der Waals surface area contributed by atoms with Gasteiger partial charge in [0, 0.05) is 49.4 Å². The summed E-state index contributed by atoms with van der Waals surface area (Å²) in [6, 6.07) is 74.5. The average molecular weight is 808 g/mol. The minimum atomic E-state index is -0.102. The molecule has 63 heavy (non-hydrogen) atoms. The van der Waals surface area contributed by atoms with Crippen LogP contribution in [-0.4, -0.2) is 9.13 Å². The Morgan fingerprint density at radius 2 is 0.730 bits per heavy atom. The molecule has 2 heterocycles. The van der Waals surface area contributed by atoms with Gasteiger partial charge in [0.15, 0.2) is 0 Å². The summed E-state index contributed by atoms with van der Waals surface area (Å²) in [6.45, 7) is 9.46. The van der Waals surface area contributed by atoms with Gasteiger partial charge in [-0.2, -0.15) is 0 Å². The molecule has 11 aromatic rings. The Bertz CT molecular complexity index is 3470. The fourth-order valence-corrected chi connectivity index (χ4v) is 11.6. The van der Waals surface area contributed by atoms with Crippen molar-refractivity contribution in [3.63, 3.8) is 0 Å². The first-order valence-electron chi connectivity index (χ1n) is 22.2. The number of nitrogens with zero attached hydrogens (tertiary/aromatic N) is 3. The molecule has 3 nitrogen and oxygen atoms in total. The molecule has 0 atom stereocenters. The van der Waals surface area contributed by atoms with Gasteiger partial charge in [-0.05, 0) is 117 Å². The second kappa shape index (κ2) is 13.0. The number of aromatic nitrogens is 2. The molecule has 3 heteroatoms. The molecule has 2 aliphatic carbocycles. The first-order chi connectivity index (χ1) is 30.8. The number of para-hydroxylation sites is 3. The van der Waals surface area contributed by atoms with Crippen molar-refractivity contribution in [2.24, 2.45) is 0 Å². The van der Waals surface area contributed by atoms with Crippen molar-refractivity contribution in [2.45, 2.75) is 38.5 Å². The van der Waals surface area contributed by atoms with Gasteiger partial charge < -0.3 is 14.0 Å². The van der Waals surface area contributed by atoms with Gasteiger partial charge in [-0.15, -0.1) is 0 Å². The van der Waals surface area contributed by atoms with Gasteiger partial charge in [0.1, 0.15) is 0 Å². The first-order valence-corrected chi connectivity index (χ1v) is 22.2. The molecule has 2 aliphatic rings. The molecule has 9 aromatic carbocycles. The summed E-state index contributed by atoms with van der Waals surface area (Å²) in [5, 5.41) is 4.90. The van der Waals surface area contributed by atoms with E-state index in [9.17, 15) is 0 Å². The summed E-state index contributed by atoms with van der Waals surface area (Å²) in [7, 11) is 0. The molecule has 0 aliphatic heterocycles. The van der Waals surface area contributed by atoms with Crippen LogP contribution in [0.25, 0.3) is 77.2 Å². The molecular formula is C60H45N3. The van der Waals surface area contributed by atoms with Crippen molar-refractivity contribution in [2.75, 3.05) is 4.90 Å². The zero-order chi connectivity index (χ0) is 42.2. The molecule has 0 saturated carbocycles. The molecule has 0 radical (unpaired) electrons. The zero-order valence-electron chi connectivity index (χ0n) is 35.9. The Hall–Kier alpha value is -7.62. The molecular weight excluding hydrogens is 763 g/mol. The topological polar surface area (TPSA) is 13.1 Å². The van der Waals surface area contributed by atoms with Crippen LogP contribution >= 0.6 is 0 Å². The predicted molar refractivity (Wildman–Crippen MR) is 265 cm³/mol. The highest BCUT2D eigenvalue weighted by Gasteiger charge is 2.37. The number of hydrogen-bond donors (Lipinski definition) is 0. The number of anilines is 3. The van der Waals surface area contributed by atoms with Gasteiger partial charge in [-0.3, -0.25) is 0 Å². The third-order valence-electron chi connectivity index (χ3n) is 14.5. The normalized spacial score (nSPS) is 14.3. The summed E-state index contributed by atoms with van der Waals surface area (Å²) < 4.78 is 4.97. The van der Waals surface area contributed by atoms with Gasteiger partial charge >= 0.3 is 0 Å². The Labute approximate surface area is 367 Å². The fourth-order valence-electron chi connectivity index (χ4n) is 11.6. The van der Waals surface area contributed by atoms with Gasteiger partial charge in [0.25, 0.3) is 0 Å². The van der Waals surface area contributed by atoms with Crippen LogP contribution in [0.3, 0.4) is 0 Å². The van der Waals surface area contributed by atoms with E-state index < -0.39 is 0 Å². The maximum Gasteiger partial charge on any atom is 0.0562 e. The molecule has 0 N–H and O–H groups in total. The molecule has 2 aromatic heterocycles. The fraction of sp³-hybridized carbons (Fsp3) is 0.100. The van der Waals surface area contributed by atoms with Crippen LogP contribution < -0.4 is 4.90 Å². The largest absolute Gasteiger partial charge is 0.309 e. The van der Waals surface area contributed by atoms with E-state index in [1.54, 1.807) is 0 Å². The van der Waals surface area contributed by atoms with E-state index in [4.69, 9.17) is 0 Å². The second-order valence-corrected chi connectivity index (χ2v) is 18.5. The maximum atomic E-state index is 2.50. The Morgan fingerprint density at radius 1 is 0.333 bits per heavy atom. The van der Waals surface area contributed by atoms with E-state index in [2.05, 4.69) is 242 Å². The summed E-state index contributed by atoms with van der Waals surface area (Å²) in [5.41, 5.74) is 21.1. The van der Waals surface area contributed by atoms with Gasteiger partial charge in [-0.1, -0.05) is 155 Å². The Kier molecular flexibility index (Phi) is 7.42. The van der Waals surface area contributed by atoms with E-state index in [0.717, 1.165) is 17.1 Å². The zero-order valence-corrected chi connectivity index (χ0v) is 35.9. The van der Waals surface area contributed by atoms with Gasteiger partial charge in [0.2, 0.25) is 0 Å². The van der Waals surface area contributed by atoms with Crippen LogP contribution in [0.5, 0.6) is 0 Å². The van der Waals surface area contributed by atoms with Gasteiger partial charge in [-0.25, -0.2) is 0 Å². The summed E-state index contributed by atoms with van der Waals surface area (Å²) >= 11 is 0. The smallest absolute Gasteiger partial charge is 0.0562 e. The maximum absolute atomic E-state index is 2.50. The Balaban J connectivity index is 1.05. The monoisotopic (exact) mass is 807 g/mol. The van der Waals surface area contributed by atoms with E-state index in [-0.39, 0.29) is 10.8 Å². The number of rotatable bonds is 5. The number of fused-ring (bicyclic) bond motifs is 12. The van der Waals surface area contributed by atoms with Crippen LogP contribution in [0.2, 0.25) is 0 Å². The number of benzene rings is 9. The molecule has 0 spiro atoms. The standard InChI is InChI=1S/C60H45N3/c1-59(2)47-24-12-8-20-41(47)43-34-32-39(36-49(43)59)62-51-26-14-10-22-45(51)57-53(28-16-30-55(57)62)61(38-18-6-5-7-19-38)54-29-17-31-56-58(54)46-23-11-15-27-52(46)63(56)40-33-35-44-42-21-9-13-25-48(42)60(3,4)50(44)37-40/h5-37H,1-4H3. The molecule has 0 fully saturated rings. The van der Waals surface area contributed by atoms with E-state index in [1.165, 1.54) is 99.5 Å². The van der Waals surface area contributed by atoms with Crippen LogP contribution in [0.4, 0.5) is 17.1 Å². The molecule has 0 amide bonds. The molecule has 0 unspecified atom stereocenters. The Morgan fingerprint density at radius 3 is 1.22 bits per heavy atom. The van der Waals surface area contributed by atoms with E-state index >= 15 is 0 Å². The summed E-state index contributed by atoms with van der Waals surface area (Å²) in [4.78, 5) is 2.50. The lowest BCUT2D eigenvalue weighted by atomic mass is 9.82. The first kappa shape index (κ1) is 36.1. The van der Waals surface area contributed by atoms with Crippen LogP contribution in [0.15, 0.2) is 200 Å². The third-order valence-corrected chi connectivity index (χ3v) is 14.5. The van der Waals surface area contributed by atoms with Crippen molar-refractivity contribution < 1.29 is 0 Å². The third kappa shape index (κ3) is 4.91. The minimum absolute atomic E-state index is 0.102. The second-order valence-electron chi connectivity index (χ2n) is 18.5. The van der Waals surface area contributed by atoms with Crippen molar-refractivity contribution >= 4 is 60.7 Å². The van der Waals surface area contributed by atoms with Crippen molar-refractivity contribution in [1.29, 1.82) is 0 Å². The van der Waals surface area contributed by atoms with Crippen molar-refractivity contribution in [3.8, 4) is 33.6 Å². The lowest BCUT2D eigenvalue weighted by molar-refractivity contribution is 0.660. The highest BCUT2D eigenvalue weighted by molar-refractivity contribution is 6.20. The molecule has 0 bridgehead atoms. The van der Waals surface area contributed by atoms with E-state index in [0.29, 0.717) is 0 Å². The van der Waals surface area contributed by atoms with Crippen LogP contribution in [-0.2, 0) is 10.8 Å². The van der Waals surface area contributed by atoms with Crippen LogP contribution in [0, 0.1) is 0 Å². The van der Waals surface area contributed by atoms with Crippen molar-refractivity contribution in [1.82, 2.24) is 9.13 Å². The summed E-state index contributed by atoms with van der Waals surface area (Å²) in [6.07, 6.45) is 0. The summed E-state index contributed by atoms with van der Waals surface area (Å²) in [5.74, 6) is 0. The number of hydrogen-bond acceptors (Lipinski definition) is 1. The molecule has 13 rings (SSSR count). The van der Waals surface area contributed by atoms with E-state index in [1.807, 2.05) is 0 Å².